The third-order valence-corrected chi connectivity index (χ3v) is 8.49. The fourth-order valence-electron chi connectivity index (χ4n) is 5.95. The van der Waals surface area contributed by atoms with Gasteiger partial charge in [-0.05, 0) is 23.8 Å². The van der Waals surface area contributed by atoms with Crippen molar-refractivity contribution in [1.82, 2.24) is 14.9 Å². The van der Waals surface area contributed by atoms with Gasteiger partial charge in [0.25, 0.3) is 11.9 Å². The molecule has 4 aromatic rings. The highest BCUT2D eigenvalue weighted by Gasteiger charge is 2.50. The number of pyridine rings is 1. The Hall–Kier alpha value is -4.55. The summed E-state index contributed by atoms with van der Waals surface area (Å²) < 4.78 is 52.4. The van der Waals surface area contributed by atoms with E-state index in [0.717, 1.165) is 17.7 Å². The molecule has 6 heterocycles. The summed E-state index contributed by atoms with van der Waals surface area (Å²) in [6, 6.07) is 11.3. The van der Waals surface area contributed by atoms with Crippen LogP contribution in [0.5, 0.6) is 11.5 Å². The Kier molecular flexibility index (Phi) is 5.92. The van der Waals surface area contributed by atoms with Crippen LogP contribution in [0.3, 0.4) is 0 Å². The van der Waals surface area contributed by atoms with Crippen molar-refractivity contribution in [3.05, 3.63) is 72.1 Å². The van der Waals surface area contributed by atoms with Crippen molar-refractivity contribution in [3.8, 4) is 22.6 Å². The molecule has 220 valence electrons. The average Bonchev–Trinajstić information content (AvgIpc) is 3.38. The number of carbonyl (C=O) groups is 1. The Labute approximate surface area is 244 Å². The molecule has 12 heteroatoms. The van der Waals surface area contributed by atoms with Crippen molar-refractivity contribution >= 4 is 28.6 Å². The molecule has 0 bridgehead atoms. The first-order valence-corrected chi connectivity index (χ1v) is 14.0. The minimum Gasteiger partial charge on any atom is -0.464 e. The molecule has 3 saturated heterocycles. The van der Waals surface area contributed by atoms with Gasteiger partial charge in [0, 0.05) is 54.4 Å². The second kappa shape index (κ2) is 9.75. The standard InChI is InChI=1S/C31H27F2N5O5/c32-22-7-20(37-29-36-10-30(17-42-29)13-40-14-30)8-23(33)26(22)43-24-5-6-34-27-25(24)21(9-35-27)18-1-3-19(4-2-18)28(39)38-11-31(12-38)15-41-16-31/h1-9H,10-17H2,(H,34,35)(H,36,37). The molecule has 43 heavy (non-hydrogen) atoms. The Balaban J connectivity index is 1.02. The summed E-state index contributed by atoms with van der Waals surface area (Å²) in [5, 5.41) is 3.39. The lowest BCUT2D eigenvalue weighted by molar-refractivity contribution is -0.176. The lowest BCUT2D eigenvalue weighted by Gasteiger charge is -2.54. The number of nitrogens with zero attached hydrogens (tertiary/aromatic N) is 3. The first-order chi connectivity index (χ1) is 20.9. The number of nitrogens with one attached hydrogen (secondary N) is 2. The quantitative estimate of drug-likeness (QED) is 0.352. The molecule has 3 fully saturated rings. The van der Waals surface area contributed by atoms with Crippen LogP contribution in [0.4, 0.5) is 14.5 Å². The number of rotatable bonds is 5. The number of aromatic nitrogens is 2. The number of benzene rings is 2. The molecule has 1 amide bonds. The van der Waals surface area contributed by atoms with E-state index in [1.807, 2.05) is 17.0 Å². The van der Waals surface area contributed by atoms with Crippen LogP contribution in [0.15, 0.2) is 59.9 Å². The second-order valence-electron chi connectivity index (χ2n) is 11.9. The number of H-pyrrole nitrogens is 1. The molecular weight excluding hydrogens is 560 g/mol. The second-order valence-corrected chi connectivity index (χ2v) is 11.9. The van der Waals surface area contributed by atoms with Crippen LogP contribution in [0.2, 0.25) is 0 Å². The Bertz CT molecular complexity index is 1750. The van der Waals surface area contributed by atoms with Gasteiger partial charge in [-0.1, -0.05) is 12.1 Å². The van der Waals surface area contributed by atoms with Crippen LogP contribution in [-0.2, 0) is 14.2 Å². The van der Waals surface area contributed by atoms with Crippen LogP contribution in [0, 0.1) is 22.5 Å². The van der Waals surface area contributed by atoms with Gasteiger partial charge in [0.1, 0.15) is 18.0 Å². The fraction of sp³-hybridized carbons (Fsp3) is 0.323. The van der Waals surface area contributed by atoms with E-state index in [0.29, 0.717) is 74.8 Å². The summed E-state index contributed by atoms with van der Waals surface area (Å²) >= 11 is 0. The monoisotopic (exact) mass is 587 g/mol. The molecule has 0 aliphatic carbocycles. The lowest BCUT2D eigenvalue weighted by Crippen LogP contribution is -2.67. The van der Waals surface area contributed by atoms with Gasteiger partial charge in [-0.3, -0.25) is 4.79 Å². The highest BCUT2D eigenvalue weighted by Crippen LogP contribution is 2.40. The number of carbonyl (C=O) groups excluding carboxylic acids is 1. The maximum atomic E-state index is 15.2. The van der Waals surface area contributed by atoms with Gasteiger partial charge in [-0.15, -0.1) is 0 Å². The maximum Gasteiger partial charge on any atom is 0.289 e. The summed E-state index contributed by atoms with van der Waals surface area (Å²) in [5.74, 6) is -2.13. The maximum absolute atomic E-state index is 15.2. The molecule has 8 rings (SSSR count). The van der Waals surface area contributed by atoms with Crippen LogP contribution >= 0.6 is 0 Å². The van der Waals surface area contributed by atoms with Crippen LogP contribution in [-0.4, -0.2) is 79.5 Å². The van der Waals surface area contributed by atoms with Gasteiger partial charge in [0.2, 0.25) is 0 Å². The third-order valence-electron chi connectivity index (χ3n) is 8.49. The van der Waals surface area contributed by atoms with E-state index in [1.54, 1.807) is 24.4 Å². The molecule has 0 atom stereocenters. The third kappa shape index (κ3) is 4.48. The summed E-state index contributed by atoms with van der Waals surface area (Å²) in [6.45, 7) is 4.98. The average molecular weight is 588 g/mol. The summed E-state index contributed by atoms with van der Waals surface area (Å²) in [7, 11) is 0. The SMILES string of the molecule is O=C(c1ccc(-c2c[nH]c3nccc(Oc4c(F)cc(NC5=NCC6(COC6)CO5)cc4F)c23)cc1)N1CC2(COC2)C1. The summed E-state index contributed by atoms with van der Waals surface area (Å²) in [4.78, 5) is 26.5. The topological polar surface area (TPSA) is 110 Å². The number of amidine groups is 1. The molecule has 2 aromatic carbocycles. The van der Waals surface area contributed by atoms with Crippen molar-refractivity contribution in [1.29, 1.82) is 0 Å². The molecule has 4 aliphatic heterocycles. The predicted octanol–water partition coefficient (Wildman–Crippen LogP) is 4.59. The van der Waals surface area contributed by atoms with Crippen LogP contribution in [0.25, 0.3) is 22.2 Å². The molecule has 2 N–H and O–H groups in total. The van der Waals surface area contributed by atoms with E-state index in [4.69, 9.17) is 18.9 Å². The minimum atomic E-state index is -0.895. The number of hydrogen-bond donors (Lipinski definition) is 2. The highest BCUT2D eigenvalue weighted by atomic mass is 19.1. The van der Waals surface area contributed by atoms with Crippen molar-refractivity contribution in [2.24, 2.45) is 15.8 Å². The summed E-state index contributed by atoms with van der Waals surface area (Å²) in [5.41, 5.74) is 2.77. The van der Waals surface area contributed by atoms with Crippen LogP contribution < -0.4 is 10.1 Å². The first kappa shape index (κ1) is 26.1. The van der Waals surface area contributed by atoms with E-state index in [2.05, 4.69) is 20.3 Å². The predicted molar refractivity (Wildman–Crippen MR) is 152 cm³/mol. The van der Waals surface area contributed by atoms with Crippen LogP contribution in [0.1, 0.15) is 10.4 Å². The smallest absolute Gasteiger partial charge is 0.289 e. The molecule has 2 aromatic heterocycles. The zero-order chi connectivity index (χ0) is 29.2. The molecule has 0 unspecified atom stereocenters. The van der Waals surface area contributed by atoms with E-state index < -0.39 is 17.4 Å². The van der Waals surface area contributed by atoms with Gasteiger partial charge in [0.15, 0.2) is 17.4 Å². The zero-order valence-corrected chi connectivity index (χ0v) is 23.0. The number of aliphatic imine (C=N–C) groups is 1. The number of likely N-dealkylation sites (tertiary alicyclic amines) is 1. The largest absolute Gasteiger partial charge is 0.464 e. The van der Waals surface area contributed by atoms with E-state index in [-0.39, 0.29) is 34.2 Å². The van der Waals surface area contributed by atoms with Crippen molar-refractivity contribution in [2.75, 3.05) is 58.0 Å². The molecule has 10 nitrogen and oxygen atoms in total. The fourth-order valence-corrected chi connectivity index (χ4v) is 5.95. The van der Waals surface area contributed by atoms with Crippen molar-refractivity contribution in [3.63, 3.8) is 0 Å². The van der Waals surface area contributed by atoms with Gasteiger partial charge in [-0.2, -0.15) is 0 Å². The number of fused-ring (bicyclic) bond motifs is 1. The Morgan fingerprint density at radius 1 is 0.977 bits per heavy atom. The molecular formula is C31H27F2N5O5. The number of amides is 1. The van der Waals surface area contributed by atoms with E-state index in [9.17, 15) is 4.79 Å². The number of anilines is 1. The van der Waals surface area contributed by atoms with Gasteiger partial charge < -0.3 is 34.1 Å². The van der Waals surface area contributed by atoms with Gasteiger partial charge in [0.05, 0.1) is 49.2 Å². The molecule has 2 spiro atoms. The number of aromatic amines is 1. The van der Waals surface area contributed by atoms with Crippen molar-refractivity contribution < 1.29 is 32.5 Å². The lowest BCUT2D eigenvalue weighted by atomic mass is 9.78. The highest BCUT2D eigenvalue weighted by molar-refractivity contribution is 6.00. The number of ether oxygens (including phenoxy) is 4. The Morgan fingerprint density at radius 3 is 2.33 bits per heavy atom. The molecule has 4 aliphatic rings. The number of hydrogen-bond acceptors (Lipinski definition) is 8. The zero-order valence-electron chi connectivity index (χ0n) is 23.0. The Morgan fingerprint density at radius 2 is 1.70 bits per heavy atom. The molecule has 0 radical (unpaired) electrons. The van der Waals surface area contributed by atoms with E-state index in [1.165, 1.54) is 6.20 Å². The van der Waals surface area contributed by atoms with Gasteiger partial charge >= 0.3 is 0 Å². The van der Waals surface area contributed by atoms with Gasteiger partial charge in [-0.25, -0.2) is 18.8 Å². The summed E-state index contributed by atoms with van der Waals surface area (Å²) in [6.07, 6.45) is 3.25. The first-order valence-electron chi connectivity index (χ1n) is 14.0. The van der Waals surface area contributed by atoms with E-state index >= 15 is 8.78 Å². The minimum absolute atomic E-state index is 0.0171. The van der Waals surface area contributed by atoms with Crippen molar-refractivity contribution in [2.45, 2.75) is 0 Å². The number of halogens is 2. The normalized spacial score (nSPS) is 19.7. The molecule has 0 saturated carbocycles.